The number of hydrogen-bond acceptors (Lipinski definition) is 4. The van der Waals surface area contributed by atoms with E-state index in [1.165, 1.54) is 0 Å². The fraction of sp³-hybridized carbons (Fsp3) is 0.0909. The summed E-state index contributed by atoms with van der Waals surface area (Å²) in [6.45, 7) is 5.43. The second kappa shape index (κ2) is 4.37. The molecule has 0 unspecified atom stereocenters. The first-order chi connectivity index (χ1) is 7.70. The Morgan fingerprint density at radius 1 is 1.19 bits per heavy atom. The van der Waals surface area contributed by atoms with Crippen LogP contribution >= 0.6 is 11.6 Å². The molecule has 0 spiro atoms. The second-order valence-electron chi connectivity index (χ2n) is 3.15. The van der Waals surface area contributed by atoms with E-state index in [-0.39, 0.29) is 0 Å². The Balaban J connectivity index is 2.54. The van der Waals surface area contributed by atoms with E-state index >= 15 is 0 Å². The Bertz CT molecular complexity index is 522. The van der Waals surface area contributed by atoms with Gasteiger partial charge in [-0.15, -0.1) is 0 Å². The molecule has 0 saturated heterocycles. The highest BCUT2D eigenvalue weighted by Gasteiger charge is 2.07. The van der Waals surface area contributed by atoms with Gasteiger partial charge >= 0.3 is 0 Å². The highest BCUT2D eigenvalue weighted by atomic mass is 35.5. The summed E-state index contributed by atoms with van der Waals surface area (Å²) in [5.41, 5.74) is 1.38. The second-order valence-corrected chi connectivity index (χ2v) is 3.56. The number of aromatic nitrogens is 4. The Morgan fingerprint density at radius 2 is 1.88 bits per heavy atom. The fourth-order valence-electron chi connectivity index (χ4n) is 1.20. The van der Waals surface area contributed by atoms with Crippen molar-refractivity contribution in [2.24, 2.45) is 0 Å². The van der Waals surface area contributed by atoms with E-state index in [4.69, 9.17) is 11.6 Å². The number of halogens is 1. The van der Waals surface area contributed by atoms with Crippen molar-refractivity contribution in [1.82, 2.24) is 19.9 Å². The Labute approximate surface area is 98.1 Å². The summed E-state index contributed by atoms with van der Waals surface area (Å²) < 4.78 is 0. The molecule has 0 bridgehead atoms. The third kappa shape index (κ3) is 2.06. The highest BCUT2D eigenvalue weighted by Crippen LogP contribution is 2.23. The molecular formula is C11H9ClN4. The third-order valence-electron chi connectivity index (χ3n) is 2.00. The lowest BCUT2D eigenvalue weighted by Crippen LogP contribution is -1.94. The van der Waals surface area contributed by atoms with Crippen LogP contribution in [0.15, 0.2) is 25.2 Å². The molecule has 0 atom stereocenters. The molecule has 0 saturated carbocycles. The van der Waals surface area contributed by atoms with E-state index in [9.17, 15) is 0 Å². The van der Waals surface area contributed by atoms with Gasteiger partial charge in [-0.2, -0.15) is 0 Å². The van der Waals surface area contributed by atoms with E-state index in [2.05, 4.69) is 26.5 Å². The summed E-state index contributed by atoms with van der Waals surface area (Å²) in [5, 5.41) is 0.470. The van der Waals surface area contributed by atoms with Gasteiger partial charge in [-0.25, -0.2) is 19.9 Å². The molecule has 0 amide bonds. The van der Waals surface area contributed by atoms with E-state index in [0.29, 0.717) is 22.4 Å². The van der Waals surface area contributed by atoms with Gasteiger partial charge in [0.15, 0.2) is 5.82 Å². The van der Waals surface area contributed by atoms with Crippen molar-refractivity contribution in [3.8, 4) is 11.3 Å². The standard InChI is InChI=1S/C11H9ClN4/c1-3-10-15-6-9(12)11(16-10)8-4-13-7(2)14-5-8/h3-6H,1H2,2H3. The van der Waals surface area contributed by atoms with Crippen molar-refractivity contribution in [3.05, 3.63) is 41.8 Å². The zero-order valence-electron chi connectivity index (χ0n) is 8.68. The van der Waals surface area contributed by atoms with Crippen molar-refractivity contribution in [1.29, 1.82) is 0 Å². The normalized spacial score (nSPS) is 10.1. The molecule has 5 heteroatoms. The SMILES string of the molecule is C=Cc1ncc(Cl)c(-c2cnc(C)nc2)n1. The summed E-state index contributed by atoms with van der Waals surface area (Å²) in [6, 6.07) is 0. The molecule has 2 aromatic rings. The molecule has 2 rings (SSSR count). The topological polar surface area (TPSA) is 51.6 Å². The van der Waals surface area contributed by atoms with Crippen molar-refractivity contribution in [2.75, 3.05) is 0 Å². The van der Waals surface area contributed by atoms with Gasteiger partial charge in [-0.05, 0) is 13.0 Å². The van der Waals surface area contributed by atoms with Gasteiger partial charge < -0.3 is 0 Å². The highest BCUT2D eigenvalue weighted by molar-refractivity contribution is 6.32. The molecule has 2 heterocycles. The Hall–Kier alpha value is -1.81. The largest absolute Gasteiger partial charge is 0.241 e. The van der Waals surface area contributed by atoms with Crippen LogP contribution in [0.2, 0.25) is 5.02 Å². The van der Waals surface area contributed by atoms with Gasteiger partial charge in [0.25, 0.3) is 0 Å². The summed E-state index contributed by atoms with van der Waals surface area (Å²) in [4.78, 5) is 16.4. The van der Waals surface area contributed by atoms with E-state index in [1.807, 2.05) is 6.92 Å². The van der Waals surface area contributed by atoms with Crippen molar-refractivity contribution >= 4 is 17.7 Å². The Kier molecular flexibility index (Phi) is 2.92. The van der Waals surface area contributed by atoms with Gasteiger partial charge in [0.2, 0.25) is 0 Å². The van der Waals surface area contributed by atoms with Gasteiger partial charge in [0.05, 0.1) is 16.9 Å². The molecule has 0 aliphatic heterocycles. The van der Waals surface area contributed by atoms with E-state index in [1.54, 1.807) is 24.7 Å². The lowest BCUT2D eigenvalue weighted by Gasteiger charge is -2.03. The summed E-state index contributed by atoms with van der Waals surface area (Å²) in [7, 11) is 0. The molecule has 0 fully saturated rings. The van der Waals surface area contributed by atoms with Gasteiger partial charge in [-0.3, -0.25) is 0 Å². The molecule has 0 aromatic carbocycles. The minimum atomic E-state index is 0.470. The van der Waals surface area contributed by atoms with Crippen molar-refractivity contribution in [2.45, 2.75) is 6.92 Å². The molecule has 16 heavy (non-hydrogen) atoms. The Morgan fingerprint density at radius 3 is 2.50 bits per heavy atom. The van der Waals surface area contributed by atoms with Gasteiger partial charge in [-0.1, -0.05) is 18.2 Å². The smallest absolute Gasteiger partial charge is 0.151 e. The van der Waals surface area contributed by atoms with Crippen LogP contribution < -0.4 is 0 Å². The molecule has 0 radical (unpaired) electrons. The maximum Gasteiger partial charge on any atom is 0.151 e. The molecular weight excluding hydrogens is 224 g/mol. The zero-order chi connectivity index (χ0) is 11.5. The summed E-state index contributed by atoms with van der Waals surface area (Å²) in [5.74, 6) is 1.23. The molecule has 0 aliphatic rings. The lowest BCUT2D eigenvalue weighted by molar-refractivity contribution is 1.05. The predicted molar refractivity (Wildman–Crippen MR) is 62.9 cm³/mol. The number of rotatable bonds is 2. The first kappa shape index (κ1) is 10.7. The monoisotopic (exact) mass is 232 g/mol. The zero-order valence-corrected chi connectivity index (χ0v) is 9.44. The molecule has 80 valence electrons. The van der Waals surface area contributed by atoms with Crippen LogP contribution in [0.25, 0.3) is 17.3 Å². The number of aryl methyl sites for hydroxylation is 1. The quantitative estimate of drug-likeness (QED) is 0.799. The molecule has 4 nitrogen and oxygen atoms in total. The third-order valence-corrected chi connectivity index (χ3v) is 2.28. The van der Waals surface area contributed by atoms with E-state index in [0.717, 1.165) is 5.56 Å². The summed E-state index contributed by atoms with van der Waals surface area (Å²) in [6.07, 6.45) is 6.47. The van der Waals surface area contributed by atoms with Crippen LogP contribution in [0.4, 0.5) is 0 Å². The molecule has 2 aromatic heterocycles. The molecule has 0 aliphatic carbocycles. The average molecular weight is 233 g/mol. The minimum Gasteiger partial charge on any atom is -0.241 e. The van der Waals surface area contributed by atoms with E-state index < -0.39 is 0 Å². The van der Waals surface area contributed by atoms with Crippen molar-refractivity contribution < 1.29 is 0 Å². The molecule has 0 N–H and O–H groups in total. The van der Waals surface area contributed by atoms with Crippen LogP contribution in [0.1, 0.15) is 11.6 Å². The van der Waals surface area contributed by atoms with Crippen LogP contribution in [0.5, 0.6) is 0 Å². The first-order valence-corrected chi connectivity index (χ1v) is 5.02. The predicted octanol–water partition coefficient (Wildman–Crippen LogP) is 2.54. The average Bonchev–Trinajstić information content (AvgIpc) is 2.31. The van der Waals surface area contributed by atoms with Crippen LogP contribution in [-0.4, -0.2) is 19.9 Å². The number of nitrogens with zero attached hydrogens (tertiary/aromatic N) is 4. The van der Waals surface area contributed by atoms with Gasteiger partial charge in [0.1, 0.15) is 5.82 Å². The maximum atomic E-state index is 6.01. The van der Waals surface area contributed by atoms with Crippen molar-refractivity contribution in [3.63, 3.8) is 0 Å². The lowest BCUT2D eigenvalue weighted by atomic mass is 10.2. The fourth-order valence-corrected chi connectivity index (χ4v) is 1.40. The summed E-state index contributed by atoms with van der Waals surface area (Å²) >= 11 is 6.01. The maximum absolute atomic E-state index is 6.01. The van der Waals surface area contributed by atoms with Gasteiger partial charge in [0, 0.05) is 18.0 Å². The number of hydrogen-bond donors (Lipinski definition) is 0. The minimum absolute atomic E-state index is 0.470. The van der Waals surface area contributed by atoms with Crippen LogP contribution in [0.3, 0.4) is 0 Å². The first-order valence-electron chi connectivity index (χ1n) is 4.64. The van der Waals surface area contributed by atoms with Crippen LogP contribution in [-0.2, 0) is 0 Å². The van der Waals surface area contributed by atoms with Crippen LogP contribution in [0, 0.1) is 6.92 Å².